The summed E-state index contributed by atoms with van der Waals surface area (Å²) in [5.41, 5.74) is 2.71. The molecular formula is C17H13FN2S. The highest BCUT2D eigenvalue weighted by molar-refractivity contribution is 7.78. The molecule has 0 aliphatic heterocycles. The first-order chi connectivity index (χ1) is 10.2. The molecule has 0 bridgehead atoms. The molecule has 0 radical (unpaired) electrons. The lowest BCUT2D eigenvalue weighted by Crippen LogP contribution is -2.22. The number of hydrogen-bond acceptors (Lipinski definition) is 3. The third-order valence-corrected chi connectivity index (χ3v) is 3.05. The summed E-state index contributed by atoms with van der Waals surface area (Å²) in [5.74, 6) is 2.39. The summed E-state index contributed by atoms with van der Waals surface area (Å²) in [6, 6.07) is 13.9. The largest absolute Gasteiger partial charge is 0.356 e. The highest BCUT2D eigenvalue weighted by Crippen LogP contribution is 2.21. The number of isothiocyanates is 1. The summed E-state index contributed by atoms with van der Waals surface area (Å²) in [6.07, 6.45) is 5.43. The summed E-state index contributed by atoms with van der Waals surface area (Å²) in [7, 11) is 0. The van der Waals surface area contributed by atoms with Crippen LogP contribution in [-0.2, 0) is 6.54 Å². The van der Waals surface area contributed by atoms with Gasteiger partial charge in [0.15, 0.2) is 0 Å². The molecule has 2 aromatic carbocycles. The molecule has 21 heavy (non-hydrogen) atoms. The first kappa shape index (κ1) is 14.9. The minimum absolute atomic E-state index is 0.246. The summed E-state index contributed by atoms with van der Waals surface area (Å²) in [5, 5.41) is 2.33. The number of halogens is 1. The first-order valence-corrected chi connectivity index (χ1v) is 6.74. The van der Waals surface area contributed by atoms with Crippen molar-refractivity contribution in [2.24, 2.45) is 4.99 Å². The van der Waals surface area contributed by atoms with E-state index in [-0.39, 0.29) is 5.82 Å². The van der Waals surface area contributed by atoms with Crippen LogP contribution >= 0.6 is 12.2 Å². The Morgan fingerprint density at radius 3 is 2.33 bits per heavy atom. The van der Waals surface area contributed by atoms with Crippen molar-refractivity contribution in [3.05, 3.63) is 59.9 Å². The van der Waals surface area contributed by atoms with E-state index in [0.717, 1.165) is 16.9 Å². The van der Waals surface area contributed by atoms with Gasteiger partial charge >= 0.3 is 0 Å². The van der Waals surface area contributed by atoms with Crippen molar-refractivity contribution in [3.63, 3.8) is 0 Å². The number of aliphatic imine (C=N–C) groups is 1. The van der Waals surface area contributed by atoms with Gasteiger partial charge in [0.25, 0.3) is 0 Å². The number of anilines is 1. The lowest BCUT2D eigenvalue weighted by molar-refractivity contribution is 0.627. The van der Waals surface area contributed by atoms with Gasteiger partial charge in [0.2, 0.25) is 0 Å². The minimum atomic E-state index is -0.246. The lowest BCUT2D eigenvalue weighted by atomic mass is 10.2. The fourth-order valence-electron chi connectivity index (χ4n) is 1.95. The summed E-state index contributed by atoms with van der Waals surface area (Å²) >= 11 is 4.57. The minimum Gasteiger partial charge on any atom is -0.356 e. The van der Waals surface area contributed by atoms with Crippen molar-refractivity contribution in [3.8, 4) is 12.3 Å². The van der Waals surface area contributed by atoms with Gasteiger partial charge in [-0.15, -0.1) is 6.42 Å². The van der Waals surface area contributed by atoms with Crippen molar-refractivity contribution >= 4 is 28.8 Å². The fraction of sp³-hybridized carbons (Fsp3) is 0.118. The molecule has 104 valence electrons. The molecule has 0 atom stereocenters. The molecule has 0 fully saturated rings. The Morgan fingerprint density at radius 1 is 1.10 bits per heavy atom. The van der Waals surface area contributed by atoms with Gasteiger partial charge in [0, 0.05) is 12.2 Å². The molecule has 2 nitrogen and oxygen atoms in total. The van der Waals surface area contributed by atoms with E-state index >= 15 is 0 Å². The Labute approximate surface area is 128 Å². The molecule has 0 spiro atoms. The van der Waals surface area contributed by atoms with Crippen molar-refractivity contribution in [2.75, 3.05) is 11.4 Å². The zero-order chi connectivity index (χ0) is 15.1. The van der Waals surface area contributed by atoms with Gasteiger partial charge < -0.3 is 4.90 Å². The van der Waals surface area contributed by atoms with E-state index in [1.165, 1.54) is 12.1 Å². The third kappa shape index (κ3) is 4.25. The Morgan fingerprint density at radius 2 is 1.76 bits per heavy atom. The van der Waals surface area contributed by atoms with E-state index in [0.29, 0.717) is 13.1 Å². The maximum Gasteiger partial charge on any atom is 0.123 e. The molecule has 0 aliphatic rings. The topological polar surface area (TPSA) is 15.6 Å². The predicted octanol–water partition coefficient (Wildman–Crippen LogP) is 4.20. The second-order valence-corrected chi connectivity index (χ2v) is 4.59. The average Bonchev–Trinajstić information content (AvgIpc) is 2.50. The van der Waals surface area contributed by atoms with Crippen molar-refractivity contribution in [1.82, 2.24) is 0 Å². The monoisotopic (exact) mass is 296 g/mol. The molecule has 0 amide bonds. The number of hydrogen-bond donors (Lipinski definition) is 0. The van der Waals surface area contributed by atoms with Crippen LogP contribution < -0.4 is 4.90 Å². The van der Waals surface area contributed by atoms with E-state index in [1.807, 2.05) is 29.2 Å². The Balaban J connectivity index is 2.20. The molecule has 0 aromatic heterocycles. The highest BCUT2D eigenvalue weighted by Gasteiger charge is 2.06. The quantitative estimate of drug-likeness (QED) is 0.467. The number of nitrogens with zero attached hydrogens (tertiary/aromatic N) is 2. The van der Waals surface area contributed by atoms with Crippen molar-refractivity contribution < 1.29 is 4.39 Å². The van der Waals surface area contributed by atoms with Crippen LogP contribution in [0.3, 0.4) is 0 Å². The summed E-state index contributed by atoms with van der Waals surface area (Å²) in [6.45, 7) is 1.08. The van der Waals surface area contributed by atoms with Gasteiger partial charge in [-0.25, -0.2) is 4.39 Å². The zero-order valence-corrected chi connectivity index (χ0v) is 12.1. The van der Waals surface area contributed by atoms with E-state index in [2.05, 4.69) is 28.3 Å². The standard InChI is InChI=1S/C17H13FN2S/c1-2-11-20(12-14-3-5-15(18)6-4-14)17-9-7-16(8-10-17)19-13-21/h1,3-10H,11-12H2. The van der Waals surface area contributed by atoms with E-state index in [9.17, 15) is 4.39 Å². The second kappa shape index (κ2) is 7.35. The van der Waals surface area contributed by atoms with Crippen molar-refractivity contribution in [2.45, 2.75) is 6.54 Å². The normalized spacial score (nSPS) is 9.52. The zero-order valence-electron chi connectivity index (χ0n) is 11.3. The van der Waals surface area contributed by atoms with E-state index in [1.54, 1.807) is 12.1 Å². The van der Waals surface area contributed by atoms with E-state index < -0.39 is 0 Å². The van der Waals surface area contributed by atoms with Gasteiger partial charge in [0.1, 0.15) is 5.82 Å². The van der Waals surface area contributed by atoms with Crippen LogP contribution in [0.5, 0.6) is 0 Å². The van der Waals surface area contributed by atoms with E-state index in [4.69, 9.17) is 6.42 Å². The van der Waals surface area contributed by atoms with Gasteiger partial charge in [-0.05, 0) is 54.2 Å². The summed E-state index contributed by atoms with van der Waals surface area (Å²) < 4.78 is 12.9. The molecule has 4 heteroatoms. The Hall–Kier alpha value is -2.47. The van der Waals surface area contributed by atoms with Crippen LogP contribution in [0.2, 0.25) is 0 Å². The average molecular weight is 296 g/mol. The number of rotatable bonds is 5. The molecule has 0 saturated heterocycles. The lowest BCUT2D eigenvalue weighted by Gasteiger charge is -2.22. The number of terminal acetylenes is 1. The van der Waals surface area contributed by atoms with Crippen LogP contribution in [-0.4, -0.2) is 11.7 Å². The molecular weight excluding hydrogens is 283 g/mol. The molecule has 2 rings (SSSR count). The molecule has 0 N–H and O–H groups in total. The third-order valence-electron chi connectivity index (χ3n) is 2.96. The molecule has 0 unspecified atom stereocenters. The van der Waals surface area contributed by atoms with Crippen LogP contribution in [0.1, 0.15) is 5.56 Å². The van der Waals surface area contributed by atoms with Gasteiger partial charge in [-0.2, -0.15) is 4.99 Å². The molecule has 2 aromatic rings. The number of thiocarbonyl (C=S) groups is 1. The van der Waals surface area contributed by atoms with Crippen LogP contribution in [0.25, 0.3) is 0 Å². The smallest absolute Gasteiger partial charge is 0.123 e. The van der Waals surface area contributed by atoms with Crippen LogP contribution in [0.4, 0.5) is 15.8 Å². The number of benzene rings is 2. The second-order valence-electron chi connectivity index (χ2n) is 4.41. The Kier molecular flexibility index (Phi) is 5.22. The van der Waals surface area contributed by atoms with Crippen LogP contribution in [0.15, 0.2) is 53.5 Å². The maximum atomic E-state index is 12.9. The fourth-order valence-corrected chi connectivity index (χ4v) is 2.05. The Bertz CT molecular complexity index is 680. The van der Waals surface area contributed by atoms with Gasteiger partial charge in [0.05, 0.1) is 17.4 Å². The molecule has 0 aliphatic carbocycles. The van der Waals surface area contributed by atoms with Gasteiger partial charge in [-0.3, -0.25) is 0 Å². The van der Waals surface area contributed by atoms with Crippen LogP contribution in [0, 0.1) is 18.2 Å². The predicted molar refractivity (Wildman–Crippen MR) is 87.4 cm³/mol. The first-order valence-electron chi connectivity index (χ1n) is 6.33. The highest BCUT2D eigenvalue weighted by atomic mass is 32.1. The van der Waals surface area contributed by atoms with Crippen molar-refractivity contribution in [1.29, 1.82) is 0 Å². The maximum absolute atomic E-state index is 12.9. The molecule has 0 heterocycles. The summed E-state index contributed by atoms with van der Waals surface area (Å²) in [4.78, 5) is 5.94. The molecule has 0 saturated carbocycles. The van der Waals surface area contributed by atoms with Gasteiger partial charge in [-0.1, -0.05) is 18.1 Å². The SMILES string of the molecule is C#CCN(Cc1ccc(F)cc1)c1ccc(N=C=S)cc1.